The summed E-state index contributed by atoms with van der Waals surface area (Å²) in [5.41, 5.74) is 10.3. The van der Waals surface area contributed by atoms with Gasteiger partial charge in [-0.1, -0.05) is 54.6 Å². The molecule has 0 radical (unpaired) electrons. The molecule has 2 aliphatic heterocycles. The SMILES string of the molecule is CC(=O)N1C[C@H]2CC(c3ccc(CCOc4cc(C)cc(C)c4C)cc3)=C(C(=O)N(Cc3ccccc3C)C3CC3)[C@@H](C1)N2. The van der Waals surface area contributed by atoms with Gasteiger partial charge in [-0.15, -0.1) is 0 Å². The van der Waals surface area contributed by atoms with E-state index in [1.54, 1.807) is 6.92 Å². The number of piperazine rings is 1. The lowest BCUT2D eigenvalue weighted by Gasteiger charge is -2.44. The topological polar surface area (TPSA) is 61.9 Å². The highest BCUT2D eigenvalue weighted by atomic mass is 16.5. The smallest absolute Gasteiger partial charge is 0.252 e. The van der Waals surface area contributed by atoms with Gasteiger partial charge in [0.15, 0.2) is 0 Å². The van der Waals surface area contributed by atoms with Gasteiger partial charge in [0, 0.05) is 50.6 Å². The van der Waals surface area contributed by atoms with Crippen molar-refractivity contribution in [3.05, 3.63) is 105 Å². The maximum atomic E-state index is 14.6. The van der Waals surface area contributed by atoms with E-state index in [-0.39, 0.29) is 29.9 Å². The molecule has 2 fully saturated rings. The second-order valence-corrected chi connectivity index (χ2v) is 13.0. The molecular weight excluding hydrogens is 546 g/mol. The van der Waals surface area contributed by atoms with Crippen LogP contribution in [-0.2, 0) is 22.6 Å². The Bertz CT molecular complexity index is 1590. The lowest BCUT2D eigenvalue weighted by atomic mass is 9.82. The molecule has 44 heavy (non-hydrogen) atoms. The van der Waals surface area contributed by atoms with Crippen molar-refractivity contribution in [2.45, 2.75) is 85.0 Å². The summed E-state index contributed by atoms with van der Waals surface area (Å²) in [5, 5.41) is 3.71. The number of aryl methyl sites for hydroxylation is 3. The molecule has 2 atom stereocenters. The number of nitrogens with zero attached hydrogens (tertiary/aromatic N) is 2. The third kappa shape index (κ3) is 6.46. The Balaban J connectivity index is 1.27. The number of nitrogens with one attached hydrogen (secondary N) is 1. The summed E-state index contributed by atoms with van der Waals surface area (Å²) in [4.78, 5) is 31.0. The summed E-state index contributed by atoms with van der Waals surface area (Å²) >= 11 is 0. The molecule has 1 saturated carbocycles. The van der Waals surface area contributed by atoms with Crippen LogP contribution in [0.1, 0.15) is 65.1 Å². The van der Waals surface area contributed by atoms with E-state index in [9.17, 15) is 9.59 Å². The van der Waals surface area contributed by atoms with E-state index >= 15 is 0 Å². The van der Waals surface area contributed by atoms with Gasteiger partial charge in [0.25, 0.3) is 5.91 Å². The number of rotatable bonds is 9. The van der Waals surface area contributed by atoms with Crippen LogP contribution in [0.25, 0.3) is 5.57 Å². The van der Waals surface area contributed by atoms with Crippen molar-refractivity contribution in [1.82, 2.24) is 15.1 Å². The van der Waals surface area contributed by atoms with Crippen molar-refractivity contribution in [2.75, 3.05) is 19.7 Å². The first-order chi connectivity index (χ1) is 21.2. The molecule has 6 heteroatoms. The van der Waals surface area contributed by atoms with Crippen LogP contribution in [0, 0.1) is 27.7 Å². The van der Waals surface area contributed by atoms with Crippen molar-refractivity contribution in [3.63, 3.8) is 0 Å². The summed E-state index contributed by atoms with van der Waals surface area (Å²) in [6.45, 7) is 12.5. The lowest BCUT2D eigenvalue weighted by molar-refractivity contribution is -0.132. The quantitative estimate of drug-likeness (QED) is 0.328. The van der Waals surface area contributed by atoms with Gasteiger partial charge in [0.2, 0.25) is 5.91 Å². The third-order valence-corrected chi connectivity index (χ3v) is 9.65. The van der Waals surface area contributed by atoms with Crippen molar-refractivity contribution in [2.24, 2.45) is 0 Å². The van der Waals surface area contributed by atoms with E-state index in [2.05, 4.69) is 92.5 Å². The van der Waals surface area contributed by atoms with E-state index in [1.807, 2.05) is 11.0 Å². The molecule has 0 unspecified atom stereocenters. The largest absolute Gasteiger partial charge is 0.493 e. The second-order valence-electron chi connectivity index (χ2n) is 13.0. The van der Waals surface area contributed by atoms with Gasteiger partial charge in [-0.3, -0.25) is 9.59 Å². The molecule has 0 aromatic heterocycles. The van der Waals surface area contributed by atoms with Crippen LogP contribution in [0.3, 0.4) is 0 Å². The van der Waals surface area contributed by atoms with E-state index in [1.165, 1.54) is 33.4 Å². The van der Waals surface area contributed by atoms with Crippen molar-refractivity contribution >= 4 is 17.4 Å². The van der Waals surface area contributed by atoms with Crippen LogP contribution >= 0.6 is 0 Å². The molecule has 2 heterocycles. The van der Waals surface area contributed by atoms with E-state index in [0.29, 0.717) is 26.2 Å². The summed E-state index contributed by atoms with van der Waals surface area (Å²) in [6.07, 6.45) is 3.61. The fraction of sp³-hybridized carbons (Fsp3) is 0.421. The normalized spacial score (nSPS) is 19.6. The summed E-state index contributed by atoms with van der Waals surface area (Å²) in [7, 11) is 0. The Morgan fingerprint density at radius 3 is 2.41 bits per heavy atom. The van der Waals surface area contributed by atoms with Gasteiger partial charge in [-0.2, -0.15) is 0 Å². The summed E-state index contributed by atoms with van der Waals surface area (Å²) < 4.78 is 6.19. The van der Waals surface area contributed by atoms with Gasteiger partial charge < -0.3 is 19.9 Å². The number of benzene rings is 3. The predicted octanol–water partition coefficient (Wildman–Crippen LogP) is 6.08. The van der Waals surface area contributed by atoms with Crippen LogP contribution < -0.4 is 10.1 Å². The highest BCUT2D eigenvalue weighted by Crippen LogP contribution is 2.37. The maximum absolute atomic E-state index is 14.6. The van der Waals surface area contributed by atoms with Crippen molar-refractivity contribution < 1.29 is 14.3 Å². The first-order valence-electron chi connectivity index (χ1n) is 16.1. The van der Waals surface area contributed by atoms with Gasteiger partial charge in [0.1, 0.15) is 5.75 Å². The summed E-state index contributed by atoms with van der Waals surface area (Å²) in [5.74, 6) is 1.13. The van der Waals surface area contributed by atoms with Gasteiger partial charge >= 0.3 is 0 Å². The molecule has 6 nitrogen and oxygen atoms in total. The van der Waals surface area contributed by atoms with Gasteiger partial charge in [-0.25, -0.2) is 0 Å². The fourth-order valence-electron chi connectivity index (χ4n) is 6.81. The number of amides is 2. The van der Waals surface area contributed by atoms with E-state index < -0.39 is 0 Å². The molecule has 3 aromatic rings. The monoisotopic (exact) mass is 591 g/mol. The van der Waals surface area contributed by atoms with Crippen LogP contribution in [0.5, 0.6) is 5.75 Å². The highest BCUT2D eigenvalue weighted by Gasteiger charge is 2.43. The van der Waals surface area contributed by atoms with Crippen LogP contribution in [-0.4, -0.2) is 59.4 Å². The number of carbonyl (C=O) groups is 2. The number of hydrogen-bond donors (Lipinski definition) is 1. The highest BCUT2D eigenvalue weighted by molar-refractivity contribution is 6.03. The minimum absolute atomic E-state index is 0.0679. The fourth-order valence-corrected chi connectivity index (χ4v) is 6.81. The molecule has 1 aliphatic carbocycles. The molecule has 0 spiro atoms. The first kappa shape index (κ1) is 30.1. The zero-order valence-corrected chi connectivity index (χ0v) is 26.8. The number of hydrogen-bond acceptors (Lipinski definition) is 4. The van der Waals surface area contributed by atoms with Crippen molar-refractivity contribution in [3.8, 4) is 5.75 Å². The Kier molecular flexibility index (Phi) is 8.64. The van der Waals surface area contributed by atoms with Crippen LogP contribution in [0.2, 0.25) is 0 Å². The van der Waals surface area contributed by atoms with E-state index in [0.717, 1.165) is 48.1 Å². The molecule has 2 amide bonds. The second kappa shape index (κ2) is 12.6. The summed E-state index contributed by atoms with van der Waals surface area (Å²) in [6, 6.07) is 21.6. The first-order valence-corrected chi connectivity index (χ1v) is 16.1. The van der Waals surface area contributed by atoms with Gasteiger partial charge in [0.05, 0.1) is 12.6 Å². The minimum Gasteiger partial charge on any atom is -0.493 e. The number of fused-ring (bicyclic) bond motifs is 2. The Labute approximate surface area is 262 Å². The molecule has 6 rings (SSSR count). The molecule has 3 aromatic carbocycles. The minimum atomic E-state index is -0.180. The average Bonchev–Trinajstić information content (AvgIpc) is 3.84. The third-order valence-electron chi connectivity index (χ3n) is 9.65. The molecule has 230 valence electrons. The molecule has 1 N–H and O–H groups in total. The number of ether oxygens (including phenoxy) is 1. The zero-order valence-electron chi connectivity index (χ0n) is 26.8. The molecule has 1 saturated heterocycles. The van der Waals surface area contributed by atoms with Gasteiger partial charge in [-0.05, 0) is 97.5 Å². The predicted molar refractivity (Wildman–Crippen MR) is 176 cm³/mol. The average molecular weight is 592 g/mol. The molecule has 2 bridgehead atoms. The Morgan fingerprint density at radius 1 is 0.955 bits per heavy atom. The maximum Gasteiger partial charge on any atom is 0.252 e. The molecular formula is C38H45N3O3. The Morgan fingerprint density at radius 2 is 1.70 bits per heavy atom. The van der Waals surface area contributed by atoms with Crippen molar-refractivity contribution in [1.29, 1.82) is 0 Å². The van der Waals surface area contributed by atoms with Crippen LogP contribution in [0.4, 0.5) is 0 Å². The molecule has 3 aliphatic rings. The van der Waals surface area contributed by atoms with Crippen LogP contribution in [0.15, 0.2) is 66.2 Å². The lowest BCUT2D eigenvalue weighted by Crippen LogP contribution is -2.61. The van der Waals surface area contributed by atoms with E-state index in [4.69, 9.17) is 4.74 Å². The zero-order chi connectivity index (χ0) is 31.0. The standard InChI is InChI=1S/C38H45N3O3/c1-24-18-26(3)27(4)36(19-24)44-17-16-29-10-12-30(13-11-29)34-20-32-22-40(28(5)42)23-35(39-32)37(34)38(43)41(33-14-15-33)21-31-9-7-6-8-25(31)2/h6-13,18-19,32-33,35,39H,14-17,20-23H2,1-5H3/t32-,35-/m1/s1. The number of carbonyl (C=O) groups excluding carboxylic acids is 2. The Hall–Kier alpha value is -3.90.